The predicted molar refractivity (Wildman–Crippen MR) is 95.1 cm³/mol. The van der Waals surface area contributed by atoms with Crippen molar-refractivity contribution < 1.29 is 0 Å². The van der Waals surface area contributed by atoms with E-state index in [0.717, 1.165) is 26.1 Å². The number of rotatable bonds is 15. The maximum atomic E-state index is 5.48. The first kappa shape index (κ1) is 19.2. The Balaban J connectivity index is 2.01. The van der Waals surface area contributed by atoms with Gasteiger partial charge in [-0.1, -0.05) is 58.3 Å². The Labute approximate surface area is 136 Å². The molecule has 0 radical (unpaired) electrons. The number of hydrogen-bond acceptors (Lipinski definition) is 3. The van der Waals surface area contributed by atoms with Gasteiger partial charge in [0.25, 0.3) is 0 Å². The summed E-state index contributed by atoms with van der Waals surface area (Å²) in [6.45, 7) is 5.83. The van der Waals surface area contributed by atoms with Gasteiger partial charge in [-0.25, -0.2) is 4.98 Å². The van der Waals surface area contributed by atoms with E-state index in [0.29, 0.717) is 6.54 Å². The number of unbranched alkanes of at least 4 members (excludes halogenated alkanes) is 8. The van der Waals surface area contributed by atoms with Crippen LogP contribution in [0.2, 0.25) is 0 Å². The largest absolute Gasteiger partial charge is 0.334 e. The quantitative estimate of drug-likeness (QED) is 0.488. The number of nitrogens with one attached hydrogen (secondary N) is 1. The average molecular weight is 309 g/mol. The van der Waals surface area contributed by atoms with Gasteiger partial charge in [-0.05, 0) is 6.42 Å². The minimum absolute atomic E-state index is 0.704. The van der Waals surface area contributed by atoms with Crippen molar-refractivity contribution in [3.63, 3.8) is 0 Å². The van der Waals surface area contributed by atoms with Gasteiger partial charge in [0.05, 0.1) is 0 Å². The third-order valence-corrected chi connectivity index (χ3v) is 4.16. The zero-order valence-corrected chi connectivity index (χ0v) is 14.5. The molecule has 1 aromatic rings. The summed E-state index contributed by atoms with van der Waals surface area (Å²) in [5, 5.41) is 3.33. The fourth-order valence-corrected chi connectivity index (χ4v) is 2.79. The summed E-state index contributed by atoms with van der Waals surface area (Å²) in [5.74, 6) is 1.23. The molecular formula is C18H36N4. The normalized spacial score (nSPS) is 11.2. The van der Waals surface area contributed by atoms with Gasteiger partial charge in [-0.15, -0.1) is 0 Å². The summed E-state index contributed by atoms with van der Waals surface area (Å²) in [5.41, 5.74) is 5.48. The molecule has 3 N–H and O–H groups in total. The Morgan fingerprint density at radius 2 is 1.68 bits per heavy atom. The van der Waals surface area contributed by atoms with Crippen molar-refractivity contribution in [3.8, 4) is 0 Å². The van der Waals surface area contributed by atoms with Gasteiger partial charge >= 0.3 is 0 Å². The van der Waals surface area contributed by atoms with Crippen LogP contribution in [0, 0.1) is 0 Å². The van der Waals surface area contributed by atoms with Crippen LogP contribution in [0.4, 0.5) is 0 Å². The van der Waals surface area contributed by atoms with E-state index in [9.17, 15) is 0 Å². The second kappa shape index (κ2) is 13.8. The molecule has 4 nitrogen and oxygen atoms in total. The molecule has 0 fully saturated rings. The molecule has 0 saturated heterocycles. The maximum Gasteiger partial charge on any atom is 0.108 e. The number of imidazole rings is 1. The summed E-state index contributed by atoms with van der Waals surface area (Å²) in [6.07, 6.45) is 17.5. The molecule has 0 atom stereocenters. The Bertz CT molecular complexity index is 349. The van der Waals surface area contributed by atoms with Gasteiger partial charge in [-0.2, -0.15) is 0 Å². The molecule has 0 spiro atoms. The monoisotopic (exact) mass is 308 g/mol. The molecule has 1 aromatic heterocycles. The minimum Gasteiger partial charge on any atom is -0.334 e. The smallest absolute Gasteiger partial charge is 0.108 e. The van der Waals surface area contributed by atoms with Crippen LogP contribution >= 0.6 is 0 Å². The highest BCUT2D eigenvalue weighted by atomic mass is 15.1. The van der Waals surface area contributed by atoms with Crippen molar-refractivity contribution in [2.24, 2.45) is 5.73 Å². The molecule has 22 heavy (non-hydrogen) atoms. The van der Waals surface area contributed by atoms with Crippen LogP contribution in [0.15, 0.2) is 12.4 Å². The number of hydrogen-bond donors (Lipinski definition) is 2. The van der Waals surface area contributed by atoms with E-state index < -0.39 is 0 Å². The molecule has 1 rings (SSSR count). The standard InChI is InChI=1S/C18H36N4/c1-2-3-4-5-6-7-8-9-10-11-18-21-15-17-22(18)16-14-20-13-12-19/h15,17,20H,2-14,16,19H2,1H3. The van der Waals surface area contributed by atoms with Crippen molar-refractivity contribution in [2.75, 3.05) is 19.6 Å². The highest BCUT2D eigenvalue weighted by Crippen LogP contribution is 2.11. The molecule has 0 aliphatic heterocycles. The van der Waals surface area contributed by atoms with Gasteiger partial charge in [0.1, 0.15) is 5.82 Å². The molecule has 0 aliphatic carbocycles. The third-order valence-electron chi connectivity index (χ3n) is 4.16. The van der Waals surface area contributed by atoms with Gasteiger partial charge in [-0.3, -0.25) is 0 Å². The van der Waals surface area contributed by atoms with Crippen LogP contribution in [0.1, 0.15) is 70.5 Å². The molecule has 0 aliphatic rings. The van der Waals surface area contributed by atoms with Crippen molar-refractivity contribution in [2.45, 2.75) is 77.7 Å². The number of nitrogens with zero attached hydrogens (tertiary/aromatic N) is 2. The fourth-order valence-electron chi connectivity index (χ4n) is 2.79. The molecule has 1 heterocycles. The van der Waals surface area contributed by atoms with Crippen LogP contribution in [0.25, 0.3) is 0 Å². The molecule has 0 saturated carbocycles. The predicted octanol–water partition coefficient (Wildman–Crippen LogP) is 3.50. The minimum atomic E-state index is 0.704. The van der Waals surface area contributed by atoms with Crippen molar-refractivity contribution in [1.82, 2.24) is 14.9 Å². The molecular weight excluding hydrogens is 272 g/mol. The van der Waals surface area contributed by atoms with E-state index in [1.807, 2.05) is 6.20 Å². The molecule has 4 heteroatoms. The van der Waals surface area contributed by atoms with Gasteiger partial charge in [0, 0.05) is 45.0 Å². The molecule has 0 aromatic carbocycles. The van der Waals surface area contributed by atoms with E-state index in [4.69, 9.17) is 5.73 Å². The fraction of sp³-hybridized carbons (Fsp3) is 0.833. The molecule has 0 bridgehead atoms. The van der Waals surface area contributed by atoms with Gasteiger partial charge in [0.15, 0.2) is 0 Å². The zero-order valence-electron chi connectivity index (χ0n) is 14.5. The lowest BCUT2D eigenvalue weighted by Gasteiger charge is -2.08. The lowest BCUT2D eigenvalue weighted by molar-refractivity contribution is 0.547. The van der Waals surface area contributed by atoms with E-state index in [-0.39, 0.29) is 0 Å². The third kappa shape index (κ3) is 9.21. The van der Waals surface area contributed by atoms with Crippen LogP contribution in [0.3, 0.4) is 0 Å². The first-order chi connectivity index (χ1) is 10.9. The summed E-state index contributed by atoms with van der Waals surface area (Å²) >= 11 is 0. The van der Waals surface area contributed by atoms with Crippen molar-refractivity contribution in [1.29, 1.82) is 0 Å². The number of nitrogens with two attached hydrogens (primary N) is 1. The topological polar surface area (TPSA) is 55.9 Å². The first-order valence-electron chi connectivity index (χ1n) is 9.29. The molecule has 0 unspecified atom stereocenters. The maximum absolute atomic E-state index is 5.48. The molecule has 128 valence electrons. The SMILES string of the molecule is CCCCCCCCCCCc1nccn1CCNCCN. The van der Waals surface area contributed by atoms with Gasteiger partial charge in [0.2, 0.25) is 0 Å². The Hall–Kier alpha value is -0.870. The summed E-state index contributed by atoms with van der Waals surface area (Å²) in [4.78, 5) is 4.49. The summed E-state index contributed by atoms with van der Waals surface area (Å²) in [6, 6.07) is 0. The van der Waals surface area contributed by atoms with Crippen molar-refractivity contribution >= 4 is 0 Å². The van der Waals surface area contributed by atoms with E-state index in [1.54, 1.807) is 0 Å². The Kier molecular flexibility index (Phi) is 12.0. The highest BCUT2D eigenvalue weighted by molar-refractivity contribution is 4.92. The van der Waals surface area contributed by atoms with Crippen molar-refractivity contribution in [3.05, 3.63) is 18.2 Å². The lowest BCUT2D eigenvalue weighted by atomic mass is 10.1. The van der Waals surface area contributed by atoms with E-state index >= 15 is 0 Å². The van der Waals surface area contributed by atoms with Crippen LogP contribution in [-0.2, 0) is 13.0 Å². The second-order valence-corrected chi connectivity index (χ2v) is 6.15. The van der Waals surface area contributed by atoms with E-state index in [2.05, 4.69) is 28.0 Å². The molecule has 0 amide bonds. The van der Waals surface area contributed by atoms with Crippen LogP contribution < -0.4 is 11.1 Å². The Morgan fingerprint density at radius 3 is 2.36 bits per heavy atom. The average Bonchev–Trinajstić information content (AvgIpc) is 2.97. The van der Waals surface area contributed by atoms with Crippen LogP contribution in [0.5, 0.6) is 0 Å². The van der Waals surface area contributed by atoms with Crippen LogP contribution in [-0.4, -0.2) is 29.2 Å². The number of aryl methyl sites for hydroxylation is 1. The second-order valence-electron chi connectivity index (χ2n) is 6.15. The van der Waals surface area contributed by atoms with Gasteiger partial charge < -0.3 is 15.6 Å². The lowest BCUT2D eigenvalue weighted by Crippen LogP contribution is -2.26. The highest BCUT2D eigenvalue weighted by Gasteiger charge is 2.02. The summed E-state index contributed by atoms with van der Waals surface area (Å²) in [7, 11) is 0. The number of aromatic nitrogens is 2. The zero-order chi connectivity index (χ0) is 15.9. The summed E-state index contributed by atoms with van der Waals surface area (Å²) < 4.78 is 2.27. The first-order valence-corrected chi connectivity index (χ1v) is 9.29. The Morgan fingerprint density at radius 1 is 1.00 bits per heavy atom. The van der Waals surface area contributed by atoms with E-state index in [1.165, 1.54) is 63.6 Å².